The summed E-state index contributed by atoms with van der Waals surface area (Å²) in [5.41, 5.74) is 5.66. The first kappa shape index (κ1) is 13.5. The summed E-state index contributed by atoms with van der Waals surface area (Å²) in [6.45, 7) is 3.84. The highest BCUT2D eigenvalue weighted by molar-refractivity contribution is 4.84. The molecular formula is C12H24N2. The lowest BCUT2D eigenvalue weighted by Crippen LogP contribution is -2.36. The lowest BCUT2D eigenvalue weighted by molar-refractivity contribution is 0.467. The van der Waals surface area contributed by atoms with Crippen LogP contribution in [0.5, 0.6) is 0 Å². The van der Waals surface area contributed by atoms with Crippen molar-refractivity contribution in [3.63, 3.8) is 0 Å². The molecule has 0 rings (SSSR count). The van der Waals surface area contributed by atoms with Crippen molar-refractivity contribution in [2.24, 2.45) is 5.73 Å². The summed E-state index contributed by atoms with van der Waals surface area (Å²) in [6, 6.07) is 0.459. The molecule has 0 fully saturated rings. The van der Waals surface area contributed by atoms with Crippen LogP contribution in [0.3, 0.4) is 0 Å². The maximum Gasteiger partial charge on any atom is 0.0212 e. The van der Waals surface area contributed by atoms with Gasteiger partial charge >= 0.3 is 0 Å². The van der Waals surface area contributed by atoms with Gasteiger partial charge in [0.1, 0.15) is 0 Å². The number of rotatable bonds is 9. The van der Waals surface area contributed by atoms with Gasteiger partial charge in [0.05, 0.1) is 0 Å². The molecule has 0 aliphatic carbocycles. The van der Waals surface area contributed by atoms with Crippen LogP contribution in [-0.2, 0) is 0 Å². The Labute approximate surface area is 88.6 Å². The van der Waals surface area contributed by atoms with Gasteiger partial charge in [0.25, 0.3) is 0 Å². The summed E-state index contributed by atoms with van der Waals surface area (Å²) in [5, 5.41) is 3.38. The van der Waals surface area contributed by atoms with Crippen LogP contribution in [0.1, 0.15) is 45.4 Å². The maximum absolute atomic E-state index is 5.66. The van der Waals surface area contributed by atoms with Gasteiger partial charge in [-0.25, -0.2) is 0 Å². The minimum absolute atomic E-state index is 0.459. The molecule has 0 saturated heterocycles. The Morgan fingerprint density at radius 1 is 1.36 bits per heavy atom. The van der Waals surface area contributed by atoms with Gasteiger partial charge in [-0.1, -0.05) is 32.6 Å². The second-order valence-corrected chi connectivity index (χ2v) is 3.69. The average molecular weight is 196 g/mol. The normalized spacial score (nSPS) is 12.4. The molecule has 0 aromatic rings. The van der Waals surface area contributed by atoms with Crippen molar-refractivity contribution >= 4 is 0 Å². The summed E-state index contributed by atoms with van der Waals surface area (Å²) in [4.78, 5) is 0. The van der Waals surface area contributed by atoms with E-state index in [4.69, 9.17) is 12.2 Å². The lowest BCUT2D eigenvalue weighted by atomic mass is 10.1. The van der Waals surface area contributed by atoms with Crippen LogP contribution in [0, 0.1) is 12.3 Å². The molecule has 2 heteroatoms. The van der Waals surface area contributed by atoms with E-state index in [1.54, 1.807) is 0 Å². The minimum Gasteiger partial charge on any atom is -0.329 e. The van der Waals surface area contributed by atoms with Crippen molar-refractivity contribution in [3.8, 4) is 12.3 Å². The van der Waals surface area contributed by atoms with Crippen molar-refractivity contribution in [2.45, 2.75) is 51.5 Å². The predicted octanol–water partition coefficient (Wildman–Crippen LogP) is 1.90. The van der Waals surface area contributed by atoms with E-state index < -0.39 is 0 Å². The fraction of sp³-hybridized carbons (Fsp3) is 0.833. The van der Waals surface area contributed by atoms with E-state index in [2.05, 4.69) is 18.2 Å². The largest absolute Gasteiger partial charge is 0.329 e. The van der Waals surface area contributed by atoms with Crippen LogP contribution in [0.2, 0.25) is 0 Å². The van der Waals surface area contributed by atoms with E-state index in [1.807, 2.05) is 0 Å². The molecule has 1 unspecified atom stereocenters. The van der Waals surface area contributed by atoms with E-state index in [0.29, 0.717) is 6.04 Å². The van der Waals surface area contributed by atoms with E-state index in [0.717, 1.165) is 19.5 Å². The number of nitrogens with two attached hydrogens (primary N) is 1. The van der Waals surface area contributed by atoms with E-state index in [-0.39, 0.29) is 0 Å². The van der Waals surface area contributed by atoms with Gasteiger partial charge in [0.2, 0.25) is 0 Å². The molecule has 14 heavy (non-hydrogen) atoms. The number of terminal acetylenes is 1. The molecule has 2 nitrogen and oxygen atoms in total. The molecule has 1 atom stereocenters. The third-order valence-electron chi connectivity index (χ3n) is 2.39. The fourth-order valence-electron chi connectivity index (χ4n) is 1.47. The highest BCUT2D eigenvalue weighted by Gasteiger charge is 2.03. The molecule has 0 saturated carbocycles. The van der Waals surface area contributed by atoms with E-state index in [1.165, 1.54) is 32.1 Å². The smallest absolute Gasteiger partial charge is 0.0212 e. The first-order valence-electron chi connectivity index (χ1n) is 5.72. The average Bonchev–Trinajstić information content (AvgIpc) is 2.22. The maximum atomic E-state index is 5.66. The van der Waals surface area contributed by atoms with Crippen molar-refractivity contribution in [2.75, 3.05) is 13.1 Å². The first-order valence-corrected chi connectivity index (χ1v) is 5.72. The van der Waals surface area contributed by atoms with Crippen molar-refractivity contribution < 1.29 is 0 Å². The monoisotopic (exact) mass is 196 g/mol. The van der Waals surface area contributed by atoms with E-state index >= 15 is 0 Å². The Hall–Kier alpha value is -0.520. The number of nitrogens with one attached hydrogen (secondary N) is 1. The van der Waals surface area contributed by atoms with Crippen LogP contribution < -0.4 is 11.1 Å². The van der Waals surface area contributed by atoms with Crippen LogP contribution >= 0.6 is 0 Å². The molecule has 0 aromatic heterocycles. The minimum atomic E-state index is 0.459. The van der Waals surface area contributed by atoms with Gasteiger partial charge in [0, 0.05) is 25.6 Å². The van der Waals surface area contributed by atoms with Crippen LogP contribution in [-0.4, -0.2) is 19.1 Å². The standard InChI is InChI=1S/C12H24N2/c1-3-5-7-8-9-12(11-13)14-10-6-4-2/h2,12,14H,3,5-11,13H2,1H3. The van der Waals surface area contributed by atoms with Gasteiger partial charge in [0.15, 0.2) is 0 Å². The summed E-state index contributed by atoms with van der Waals surface area (Å²) >= 11 is 0. The van der Waals surface area contributed by atoms with Crippen molar-refractivity contribution in [1.29, 1.82) is 0 Å². The lowest BCUT2D eigenvalue weighted by Gasteiger charge is -2.15. The van der Waals surface area contributed by atoms with Crippen molar-refractivity contribution in [1.82, 2.24) is 5.32 Å². The second-order valence-electron chi connectivity index (χ2n) is 3.69. The zero-order valence-corrected chi connectivity index (χ0v) is 9.39. The summed E-state index contributed by atoms with van der Waals surface area (Å²) in [6.07, 6.45) is 12.4. The molecule has 0 aliphatic rings. The quantitative estimate of drug-likeness (QED) is 0.436. The molecule has 0 radical (unpaired) electrons. The molecule has 82 valence electrons. The molecule has 0 heterocycles. The van der Waals surface area contributed by atoms with Crippen LogP contribution in [0.25, 0.3) is 0 Å². The van der Waals surface area contributed by atoms with Gasteiger partial charge in [-0.15, -0.1) is 12.3 Å². The molecule has 0 aromatic carbocycles. The molecule has 0 bridgehead atoms. The van der Waals surface area contributed by atoms with Gasteiger partial charge in [-0.3, -0.25) is 0 Å². The number of unbranched alkanes of at least 4 members (excludes halogenated alkanes) is 3. The predicted molar refractivity (Wildman–Crippen MR) is 63.1 cm³/mol. The molecule has 0 aliphatic heterocycles. The Bertz CT molecular complexity index is 149. The Morgan fingerprint density at radius 2 is 2.14 bits per heavy atom. The van der Waals surface area contributed by atoms with Crippen LogP contribution in [0.15, 0.2) is 0 Å². The zero-order valence-electron chi connectivity index (χ0n) is 9.39. The second kappa shape index (κ2) is 10.6. The third kappa shape index (κ3) is 8.10. The Balaban J connectivity index is 3.34. The van der Waals surface area contributed by atoms with Gasteiger partial charge in [-0.2, -0.15) is 0 Å². The zero-order chi connectivity index (χ0) is 10.6. The van der Waals surface area contributed by atoms with E-state index in [9.17, 15) is 0 Å². The summed E-state index contributed by atoms with van der Waals surface area (Å²) in [7, 11) is 0. The number of hydrogen-bond acceptors (Lipinski definition) is 2. The molecule has 3 N–H and O–H groups in total. The topological polar surface area (TPSA) is 38.0 Å². The van der Waals surface area contributed by atoms with Crippen molar-refractivity contribution in [3.05, 3.63) is 0 Å². The first-order chi connectivity index (χ1) is 6.85. The van der Waals surface area contributed by atoms with Gasteiger partial charge in [-0.05, 0) is 6.42 Å². The highest BCUT2D eigenvalue weighted by atomic mass is 14.9. The molecular weight excluding hydrogens is 172 g/mol. The number of hydrogen-bond donors (Lipinski definition) is 2. The molecule has 0 spiro atoms. The summed E-state index contributed by atoms with van der Waals surface area (Å²) < 4.78 is 0. The summed E-state index contributed by atoms with van der Waals surface area (Å²) in [5.74, 6) is 2.62. The SMILES string of the molecule is C#CCCNC(CN)CCCCCC. The fourth-order valence-corrected chi connectivity index (χ4v) is 1.47. The highest BCUT2D eigenvalue weighted by Crippen LogP contribution is 2.04. The Kier molecular flexibility index (Phi) is 10.2. The third-order valence-corrected chi connectivity index (χ3v) is 2.39. The molecule has 0 amide bonds. The van der Waals surface area contributed by atoms with Crippen LogP contribution in [0.4, 0.5) is 0 Å². The Morgan fingerprint density at radius 3 is 2.71 bits per heavy atom. The van der Waals surface area contributed by atoms with Gasteiger partial charge < -0.3 is 11.1 Å².